The SMILES string of the molecule is C[C@@H](c1ccccc1)n1cnc2c(cnc3nc4ccccc4n32)c1=O. The topological polar surface area (TPSA) is 65.1 Å². The number of benzene rings is 2. The molecule has 126 valence electrons. The number of nitrogens with zero attached hydrogens (tertiary/aromatic N) is 5. The molecule has 3 aromatic heterocycles. The minimum Gasteiger partial charge on any atom is -0.291 e. The lowest BCUT2D eigenvalue weighted by Crippen LogP contribution is -2.25. The summed E-state index contributed by atoms with van der Waals surface area (Å²) < 4.78 is 3.48. The first-order chi connectivity index (χ1) is 12.7. The average molecular weight is 341 g/mol. The third-order valence-electron chi connectivity index (χ3n) is 4.77. The van der Waals surface area contributed by atoms with Gasteiger partial charge < -0.3 is 0 Å². The summed E-state index contributed by atoms with van der Waals surface area (Å²) in [4.78, 5) is 26.6. The monoisotopic (exact) mass is 341 g/mol. The molecule has 0 radical (unpaired) electrons. The molecule has 0 N–H and O–H groups in total. The molecule has 0 saturated carbocycles. The lowest BCUT2D eigenvalue weighted by atomic mass is 10.1. The molecule has 0 unspecified atom stereocenters. The second kappa shape index (κ2) is 5.49. The summed E-state index contributed by atoms with van der Waals surface area (Å²) in [5, 5.41) is 0.478. The van der Waals surface area contributed by atoms with Gasteiger partial charge in [-0.3, -0.25) is 13.8 Å². The van der Waals surface area contributed by atoms with Crippen LogP contribution in [-0.4, -0.2) is 23.9 Å². The van der Waals surface area contributed by atoms with E-state index in [-0.39, 0.29) is 11.6 Å². The van der Waals surface area contributed by atoms with E-state index in [0.29, 0.717) is 16.8 Å². The summed E-state index contributed by atoms with van der Waals surface area (Å²) in [5.41, 5.74) is 3.24. The maximum atomic E-state index is 13.1. The van der Waals surface area contributed by atoms with Gasteiger partial charge in [-0.15, -0.1) is 0 Å². The van der Waals surface area contributed by atoms with Crippen LogP contribution in [-0.2, 0) is 0 Å². The third-order valence-corrected chi connectivity index (χ3v) is 4.77. The van der Waals surface area contributed by atoms with Crippen molar-refractivity contribution in [2.45, 2.75) is 13.0 Å². The molecule has 0 saturated heterocycles. The molecule has 6 nitrogen and oxygen atoms in total. The van der Waals surface area contributed by atoms with Gasteiger partial charge in [0.25, 0.3) is 5.56 Å². The average Bonchev–Trinajstić information content (AvgIpc) is 3.07. The molecule has 0 bridgehead atoms. The third kappa shape index (κ3) is 2.05. The van der Waals surface area contributed by atoms with Crippen molar-refractivity contribution in [3.8, 4) is 0 Å². The van der Waals surface area contributed by atoms with Crippen LogP contribution >= 0.6 is 0 Å². The Kier molecular flexibility index (Phi) is 3.12. The Morgan fingerprint density at radius 3 is 2.58 bits per heavy atom. The summed E-state index contributed by atoms with van der Waals surface area (Å²) in [6, 6.07) is 17.5. The zero-order valence-corrected chi connectivity index (χ0v) is 14.1. The molecule has 3 heterocycles. The Morgan fingerprint density at radius 2 is 1.73 bits per heavy atom. The molecular formula is C20H15N5O. The lowest BCUT2D eigenvalue weighted by molar-refractivity contribution is 0.608. The standard InChI is InChI=1S/C20H15N5O/c1-13(14-7-3-2-4-8-14)24-12-22-18-15(19(24)26)11-21-20-23-16-9-5-6-10-17(16)25(18)20/h2-13H,1H3/t13-/m0/s1. The van der Waals surface area contributed by atoms with Crippen molar-refractivity contribution >= 4 is 27.8 Å². The van der Waals surface area contributed by atoms with E-state index in [1.54, 1.807) is 17.1 Å². The number of aromatic nitrogens is 5. The minimum absolute atomic E-state index is 0.112. The predicted octanol–water partition coefficient (Wildman–Crippen LogP) is 3.20. The molecule has 5 aromatic rings. The van der Waals surface area contributed by atoms with Crippen LogP contribution in [0.1, 0.15) is 18.5 Å². The van der Waals surface area contributed by atoms with Crippen LogP contribution in [0.5, 0.6) is 0 Å². The molecule has 0 spiro atoms. The smallest absolute Gasteiger partial charge is 0.264 e. The van der Waals surface area contributed by atoms with Crippen LogP contribution in [0.4, 0.5) is 0 Å². The van der Waals surface area contributed by atoms with E-state index in [9.17, 15) is 4.79 Å². The van der Waals surface area contributed by atoms with Gasteiger partial charge in [-0.1, -0.05) is 42.5 Å². The number of imidazole rings is 1. The molecular weight excluding hydrogens is 326 g/mol. The molecule has 5 rings (SSSR count). The highest BCUT2D eigenvalue weighted by molar-refractivity contribution is 5.86. The summed E-state index contributed by atoms with van der Waals surface area (Å²) in [7, 11) is 0. The summed E-state index contributed by atoms with van der Waals surface area (Å²) in [5.74, 6) is 0.541. The van der Waals surface area contributed by atoms with Gasteiger partial charge in [0.15, 0.2) is 5.65 Å². The van der Waals surface area contributed by atoms with Crippen LogP contribution in [0, 0.1) is 0 Å². The fourth-order valence-electron chi connectivity index (χ4n) is 3.36. The van der Waals surface area contributed by atoms with Crippen LogP contribution in [0.2, 0.25) is 0 Å². The molecule has 0 fully saturated rings. The van der Waals surface area contributed by atoms with Gasteiger partial charge in [-0.25, -0.2) is 15.0 Å². The van der Waals surface area contributed by atoms with Crippen molar-refractivity contribution in [3.05, 3.63) is 83.0 Å². The molecule has 2 aromatic carbocycles. The number of hydrogen-bond donors (Lipinski definition) is 0. The van der Waals surface area contributed by atoms with Gasteiger partial charge in [-0.2, -0.15) is 0 Å². The predicted molar refractivity (Wildman–Crippen MR) is 100 cm³/mol. The van der Waals surface area contributed by atoms with E-state index < -0.39 is 0 Å². The summed E-state index contributed by atoms with van der Waals surface area (Å²) in [6.07, 6.45) is 3.18. The quantitative estimate of drug-likeness (QED) is 0.494. The zero-order valence-electron chi connectivity index (χ0n) is 14.1. The molecule has 6 heteroatoms. The zero-order chi connectivity index (χ0) is 17.7. The first-order valence-electron chi connectivity index (χ1n) is 8.42. The van der Waals surface area contributed by atoms with E-state index in [1.807, 2.05) is 65.9 Å². The summed E-state index contributed by atoms with van der Waals surface area (Å²) >= 11 is 0. The maximum Gasteiger partial charge on any atom is 0.264 e. The van der Waals surface area contributed by atoms with Crippen molar-refractivity contribution < 1.29 is 0 Å². The van der Waals surface area contributed by atoms with Gasteiger partial charge in [0, 0.05) is 6.20 Å². The van der Waals surface area contributed by atoms with E-state index >= 15 is 0 Å². The van der Waals surface area contributed by atoms with Crippen LogP contribution < -0.4 is 5.56 Å². The first-order valence-corrected chi connectivity index (χ1v) is 8.42. The molecule has 0 aliphatic rings. The highest BCUT2D eigenvalue weighted by Gasteiger charge is 2.15. The van der Waals surface area contributed by atoms with E-state index in [0.717, 1.165) is 16.6 Å². The van der Waals surface area contributed by atoms with Crippen molar-refractivity contribution in [1.82, 2.24) is 23.9 Å². The second-order valence-electron chi connectivity index (χ2n) is 6.28. The van der Waals surface area contributed by atoms with Crippen molar-refractivity contribution in [2.24, 2.45) is 0 Å². The van der Waals surface area contributed by atoms with E-state index in [2.05, 4.69) is 15.0 Å². The Bertz CT molecular complexity index is 1320. The van der Waals surface area contributed by atoms with Crippen LogP contribution in [0.3, 0.4) is 0 Å². The normalized spacial score (nSPS) is 12.8. The van der Waals surface area contributed by atoms with Gasteiger partial charge >= 0.3 is 0 Å². The van der Waals surface area contributed by atoms with Crippen molar-refractivity contribution in [2.75, 3.05) is 0 Å². The molecule has 0 aliphatic heterocycles. The largest absolute Gasteiger partial charge is 0.291 e. The van der Waals surface area contributed by atoms with E-state index in [4.69, 9.17) is 0 Å². The number of para-hydroxylation sites is 2. The van der Waals surface area contributed by atoms with Crippen LogP contribution in [0.15, 0.2) is 71.9 Å². The fraction of sp³-hybridized carbons (Fsp3) is 0.100. The Morgan fingerprint density at radius 1 is 0.962 bits per heavy atom. The van der Waals surface area contributed by atoms with E-state index in [1.165, 1.54) is 0 Å². The van der Waals surface area contributed by atoms with Crippen molar-refractivity contribution in [3.63, 3.8) is 0 Å². The number of rotatable bonds is 2. The Hall–Kier alpha value is -3.54. The van der Waals surface area contributed by atoms with Crippen molar-refractivity contribution in [1.29, 1.82) is 0 Å². The fourth-order valence-corrected chi connectivity index (χ4v) is 3.36. The maximum absolute atomic E-state index is 13.1. The Labute approximate surface area is 148 Å². The first kappa shape index (κ1) is 14.8. The molecule has 0 amide bonds. The van der Waals surface area contributed by atoms with Crippen LogP contribution in [0.25, 0.3) is 27.8 Å². The molecule has 0 aliphatic carbocycles. The summed E-state index contributed by atoms with van der Waals surface area (Å²) in [6.45, 7) is 1.99. The number of hydrogen-bond acceptors (Lipinski definition) is 4. The lowest BCUT2D eigenvalue weighted by Gasteiger charge is -2.15. The van der Waals surface area contributed by atoms with Gasteiger partial charge in [0.2, 0.25) is 5.78 Å². The minimum atomic E-state index is -0.115. The Balaban J connectivity index is 1.80. The highest BCUT2D eigenvalue weighted by atomic mass is 16.1. The molecule has 26 heavy (non-hydrogen) atoms. The van der Waals surface area contributed by atoms with Gasteiger partial charge in [0.1, 0.15) is 11.7 Å². The highest BCUT2D eigenvalue weighted by Crippen LogP contribution is 2.20. The second-order valence-corrected chi connectivity index (χ2v) is 6.28. The number of fused-ring (bicyclic) bond motifs is 5. The van der Waals surface area contributed by atoms with Gasteiger partial charge in [0.05, 0.1) is 17.1 Å². The molecule has 1 atom stereocenters. The van der Waals surface area contributed by atoms with Gasteiger partial charge in [-0.05, 0) is 24.6 Å².